The number of rotatable bonds is 7. The minimum Gasteiger partial charge on any atom is -0.382 e. The molecule has 0 spiro atoms. The van der Waals surface area contributed by atoms with Crippen LogP contribution in [0, 0.1) is 12.7 Å². The van der Waals surface area contributed by atoms with E-state index in [4.69, 9.17) is 5.73 Å². The normalized spacial score (nSPS) is 10.8. The molecule has 2 aromatic heterocycles. The molecule has 0 unspecified atom stereocenters. The average Bonchev–Trinajstić information content (AvgIpc) is 3.11. The smallest absolute Gasteiger partial charge is 0.232 e. The van der Waals surface area contributed by atoms with E-state index in [0.29, 0.717) is 9.88 Å². The average molecular weight is 445 g/mol. The fourth-order valence-electron chi connectivity index (χ4n) is 2.65. The van der Waals surface area contributed by atoms with Crippen molar-refractivity contribution in [2.75, 3.05) is 25.6 Å². The lowest BCUT2D eigenvalue weighted by molar-refractivity contribution is -0.125. The lowest BCUT2D eigenvalue weighted by Crippen LogP contribution is -2.23. The van der Waals surface area contributed by atoms with Gasteiger partial charge in [0.05, 0.1) is 5.75 Å². The van der Waals surface area contributed by atoms with Crippen LogP contribution in [-0.4, -0.2) is 46.4 Å². The van der Waals surface area contributed by atoms with Crippen LogP contribution in [0.1, 0.15) is 20.8 Å². The van der Waals surface area contributed by atoms with Gasteiger partial charge < -0.3 is 10.6 Å². The Balaban J connectivity index is 1.80. The maximum absolute atomic E-state index is 14.5. The highest BCUT2D eigenvalue weighted by Gasteiger charge is 2.20. The number of thiazole rings is 1. The van der Waals surface area contributed by atoms with Gasteiger partial charge in [0.15, 0.2) is 5.78 Å². The number of aryl methyl sites for hydroxylation is 1. The molecule has 3 rings (SSSR count). The Hall–Kier alpha value is -2.78. The predicted molar refractivity (Wildman–Crippen MR) is 118 cm³/mol. The van der Waals surface area contributed by atoms with Gasteiger partial charge in [-0.3, -0.25) is 14.6 Å². The van der Waals surface area contributed by atoms with E-state index in [1.807, 2.05) is 6.07 Å². The summed E-state index contributed by atoms with van der Waals surface area (Å²) < 4.78 is 14.5. The first-order chi connectivity index (χ1) is 14.3. The van der Waals surface area contributed by atoms with Crippen molar-refractivity contribution in [1.82, 2.24) is 14.9 Å². The number of thioether (sulfide) groups is 1. The van der Waals surface area contributed by atoms with Crippen LogP contribution in [0.15, 0.2) is 41.6 Å². The Morgan fingerprint density at radius 2 is 2.07 bits per heavy atom. The number of hydrogen-bond acceptors (Lipinski definition) is 7. The zero-order valence-corrected chi connectivity index (χ0v) is 18.4. The maximum atomic E-state index is 14.5. The Kier molecular flexibility index (Phi) is 6.84. The highest BCUT2D eigenvalue weighted by Crippen LogP contribution is 2.31. The molecule has 9 heteroatoms. The third-order valence-corrected chi connectivity index (χ3v) is 6.66. The molecular weight excluding hydrogens is 423 g/mol. The molecule has 0 aliphatic carbocycles. The third kappa shape index (κ3) is 5.03. The molecule has 30 heavy (non-hydrogen) atoms. The van der Waals surface area contributed by atoms with Crippen LogP contribution in [0.4, 0.5) is 10.2 Å². The van der Waals surface area contributed by atoms with Gasteiger partial charge in [0.25, 0.3) is 0 Å². The maximum Gasteiger partial charge on any atom is 0.232 e. The Bertz CT molecular complexity index is 1080. The topological polar surface area (TPSA) is 89.2 Å². The highest BCUT2D eigenvalue weighted by molar-refractivity contribution is 8.00. The molecule has 2 heterocycles. The molecule has 0 saturated carbocycles. The third-order valence-electron chi connectivity index (χ3n) is 4.36. The van der Waals surface area contributed by atoms with Crippen molar-refractivity contribution in [3.05, 3.63) is 58.5 Å². The number of anilines is 1. The van der Waals surface area contributed by atoms with Crippen LogP contribution in [0.5, 0.6) is 0 Å². The van der Waals surface area contributed by atoms with Crippen LogP contribution in [0.2, 0.25) is 0 Å². The predicted octanol–water partition coefficient (Wildman–Crippen LogP) is 3.84. The molecule has 0 aliphatic heterocycles. The molecule has 0 atom stereocenters. The van der Waals surface area contributed by atoms with Crippen molar-refractivity contribution >= 4 is 40.6 Å². The van der Waals surface area contributed by atoms with Crippen LogP contribution >= 0.6 is 23.1 Å². The van der Waals surface area contributed by atoms with E-state index in [-0.39, 0.29) is 35.2 Å². The van der Waals surface area contributed by atoms with Crippen LogP contribution in [-0.2, 0) is 11.2 Å². The second-order valence-electron chi connectivity index (χ2n) is 6.86. The summed E-state index contributed by atoms with van der Waals surface area (Å²) in [5, 5.41) is 0.590. The van der Waals surface area contributed by atoms with Crippen molar-refractivity contribution in [2.24, 2.45) is 0 Å². The molecule has 0 radical (unpaired) electrons. The Labute approximate surface area is 182 Å². The number of carbonyl (C=O) groups excluding carboxylic acids is 2. The lowest BCUT2D eigenvalue weighted by atomic mass is 10.1. The molecule has 0 saturated heterocycles. The van der Waals surface area contributed by atoms with Crippen molar-refractivity contribution in [3.63, 3.8) is 0 Å². The van der Waals surface area contributed by atoms with Gasteiger partial charge in [-0.15, -0.1) is 23.1 Å². The summed E-state index contributed by atoms with van der Waals surface area (Å²) in [5.74, 6) is -0.435. The monoisotopic (exact) mass is 444 g/mol. The van der Waals surface area contributed by atoms with Crippen LogP contribution in [0.3, 0.4) is 0 Å². The summed E-state index contributed by atoms with van der Waals surface area (Å²) in [6.45, 7) is 1.78. The van der Waals surface area contributed by atoms with Gasteiger partial charge in [0.1, 0.15) is 21.5 Å². The van der Waals surface area contributed by atoms with Gasteiger partial charge >= 0.3 is 0 Å². The Morgan fingerprint density at radius 1 is 1.30 bits per heavy atom. The molecule has 3 aromatic rings. The first kappa shape index (κ1) is 21.9. The molecule has 1 aromatic carbocycles. The zero-order chi connectivity index (χ0) is 21.8. The largest absolute Gasteiger partial charge is 0.382 e. The molecule has 6 nitrogen and oxygen atoms in total. The summed E-state index contributed by atoms with van der Waals surface area (Å²) in [7, 11) is 3.37. The first-order valence-corrected chi connectivity index (χ1v) is 10.9. The van der Waals surface area contributed by atoms with E-state index >= 15 is 0 Å². The molecule has 1 amide bonds. The highest BCUT2D eigenvalue weighted by atomic mass is 32.2. The number of nitrogen functional groups attached to an aromatic ring is 1. The van der Waals surface area contributed by atoms with Gasteiger partial charge in [0.2, 0.25) is 5.91 Å². The standard InChI is InChI=1S/C21H21FN4O2S2/c1-12-7-15(22)14(9-17(12)29-11-18(28)26(2)3)8-16(27)19-20(23)25-21(30-19)13-5-4-6-24-10-13/h4-7,9-10H,8,11,23H2,1-3H3. The SMILES string of the molecule is Cc1cc(F)c(CC(=O)c2sc(-c3cccnc3)nc2N)cc1SCC(=O)N(C)C. The molecular formula is C21H21FN4O2S2. The molecule has 2 N–H and O–H groups in total. The summed E-state index contributed by atoms with van der Waals surface area (Å²) in [5.41, 5.74) is 7.70. The van der Waals surface area contributed by atoms with Gasteiger partial charge in [-0.1, -0.05) is 0 Å². The van der Waals surface area contributed by atoms with E-state index in [0.717, 1.165) is 16.0 Å². The Morgan fingerprint density at radius 3 is 2.73 bits per heavy atom. The number of halogens is 1. The van der Waals surface area contributed by atoms with E-state index < -0.39 is 5.82 Å². The number of nitrogens with two attached hydrogens (primary N) is 1. The number of amides is 1. The van der Waals surface area contributed by atoms with E-state index in [1.54, 1.807) is 45.5 Å². The fraction of sp³-hybridized carbons (Fsp3) is 0.238. The van der Waals surface area contributed by atoms with Crippen molar-refractivity contribution < 1.29 is 14.0 Å². The van der Waals surface area contributed by atoms with Gasteiger partial charge in [-0.25, -0.2) is 9.37 Å². The van der Waals surface area contributed by atoms with E-state index in [1.165, 1.54) is 34.1 Å². The quantitative estimate of drug-likeness (QED) is 0.440. The molecule has 156 valence electrons. The number of nitrogens with zero attached hydrogens (tertiary/aromatic N) is 3. The number of pyridine rings is 1. The molecule has 0 aliphatic rings. The van der Waals surface area contributed by atoms with Crippen LogP contribution < -0.4 is 5.73 Å². The minimum absolute atomic E-state index is 0.0401. The minimum atomic E-state index is -0.459. The number of ketones is 1. The lowest BCUT2D eigenvalue weighted by Gasteiger charge is -2.12. The van der Waals surface area contributed by atoms with Crippen LogP contribution in [0.25, 0.3) is 10.6 Å². The second kappa shape index (κ2) is 9.36. The second-order valence-corrected chi connectivity index (χ2v) is 8.88. The first-order valence-electron chi connectivity index (χ1n) is 9.08. The number of benzene rings is 1. The summed E-state index contributed by atoms with van der Waals surface area (Å²) >= 11 is 2.49. The summed E-state index contributed by atoms with van der Waals surface area (Å²) in [6.07, 6.45) is 3.15. The summed E-state index contributed by atoms with van der Waals surface area (Å²) in [4.78, 5) is 35.5. The fourth-order valence-corrected chi connectivity index (χ4v) is 4.61. The van der Waals surface area contributed by atoms with Gasteiger partial charge in [-0.2, -0.15) is 0 Å². The number of Topliss-reactive ketones (excluding diaryl/α,β-unsaturated/α-hetero) is 1. The zero-order valence-electron chi connectivity index (χ0n) is 16.8. The van der Waals surface area contributed by atoms with E-state index in [2.05, 4.69) is 9.97 Å². The number of aromatic nitrogens is 2. The number of carbonyl (C=O) groups is 2. The van der Waals surface area contributed by atoms with Crippen molar-refractivity contribution in [3.8, 4) is 10.6 Å². The van der Waals surface area contributed by atoms with Gasteiger partial charge in [0, 0.05) is 43.4 Å². The molecule has 0 bridgehead atoms. The number of hydrogen-bond donors (Lipinski definition) is 1. The van der Waals surface area contributed by atoms with Gasteiger partial charge in [-0.05, 0) is 42.3 Å². The van der Waals surface area contributed by atoms with Crippen molar-refractivity contribution in [2.45, 2.75) is 18.2 Å². The van der Waals surface area contributed by atoms with E-state index in [9.17, 15) is 14.0 Å². The summed E-state index contributed by atoms with van der Waals surface area (Å²) in [6, 6.07) is 6.63. The molecule has 0 fully saturated rings. The van der Waals surface area contributed by atoms with Crippen molar-refractivity contribution in [1.29, 1.82) is 0 Å².